The highest BCUT2D eigenvalue weighted by atomic mass is 16.5. The first-order chi connectivity index (χ1) is 17.2. The number of benzene rings is 2. The maximum atomic E-state index is 14.1. The summed E-state index contributed by atoms with van der Waals surface area (Å²) in [5, 5.41) is 22.6. The fraction of sp³-hybridized carbons (Fsp3) is 0.517. The smallest absolute Gasteiger partial charge is 0.293 e. The number of carbonyl (C=O) groups excluding carboxylic acids is 1. The Morgan fingerprint density at radius 2 is 1.65 bits per heavy atom. The summed E-state index contributed by atoms with van der Waals surface area (Å²) in [5.41, 5.74) is 0.208. The number of rotatable bonds is 5. The Morgan fingerprint density at radius 3 is 2.32 bits per heavy atom. The summed E-state index contributed by atoms with van der Waals surface area (Å²) in [6, 6.07) is 1.48. The van der Waals surface area contributed by atoms with Gasteiger partial charge in [-0.1, -0.05) is 0 Å². The number of phenols is 2. The van der Waals surface area contributed by atoms with Crippen LogP contribution in [0.5, 0.6) is 23.0 Å². The molecule has 5 rings (SSSR count). The van der Waals surface area contributed by atoms with Crippen LogP contribution in [0, 0.1) is 0 Å². The van der Waals surface area contributed by atoms with Gasteiger partial charge in [0.05, 0.1) is 5.39 Å². The monoisotopic (exact) mass is 510 g/mol. The van der Waals surface area contributed by atoms with Gasteiger partial charge in [-0.05, 0) is 85.6 Å². The highest BCUT2D eigenvalue weighted by Gasteiger charge is 2.36. The summed E-state index contributed by atoms with van der Waals surface area (Å²) in [7, 11) is 0. The van der Waals surface area contributed by atoms with E-state index in [1.807, 2.05) is 27.7 Å². The van der Waals surface area contributed by atoms with E-state index < -0.39 is 22.2 Å². The first-order valence-corrected chi connectivity index (χ1v) is 12.8. The molecule has 0 saturated heterocycles. The molecular formula is C29H34O8. The van der Waals surface area contributed by atoms with Crippen LogP contribution in [0.15, 0.2) is 15.3 Å². The number of phenolic OH excluding ortho intramolecular Hbond substituents is 2. The largest absolute Gasteiger partial charge is 0.507 e. The average molecular weight is 511 g/mol. The van der Waals surface area contributed by atoms with Crippen LogP contribution < -0.4 is 14.9 Å². The predicted molar refractivity (Wildman–Crippen MR) is 139 cm³/mol. The van der Waals surface area contributed by atoms with E-state index in [0.717, 1.165) is 5.56 Å². The Hall–Kier alpha value is -3.42. The van der Waals surface area contributed by atoms with Gasteiger partial charge < -0.3 is 28.8 Å². The fourth-order valence-corrected chi connectivity index (χ4v) is 5.47. The van der Waals surface area contributed by atoms with Crippen molar-refractivity contribution in [2.75, 3.05) is 0 Å². The van der Waals surface area contributed by atoms with Crippen molar-refractivity contribution in [3.05, 3.63) is 33.0 Å². The van der Waals surface area contributed by atoms with Gasteiger partial charge in [-0.25, -0.2) is 0 Å². The maximum absolute atomic E-state index is 14.1. The van der Waals surface area contributed by atoms with Gasteiger partial charge in [0, 0.05) is 17.2 Å². The summed E-state index contributed by atoms with van der Waals surface area (Å²) in [6.07, 6.45) is 3.38. The van der Waals surface area contributed by atoms with Crippen LogP contribution in [0.4, 0.5) is 0 Å². The van der Waals surface area contributed by atoms with Gasteiger partial charge in [0.15, 0.2) is 11.3 Å². The Balaban J connectivity index is 1.83. The number of aromatic hydroxyl groups is 2. The third kappa shape index (κ3) is 4.26. The van der Waals surface area contributed by atoms with Crippen molar-refractivity contribution in [1.82, 2.24) is 0 Å². The minimum Gasteiger partial charge on any atom is -0.507 e. The van der Waals surface area contributed by atoms with E-state index in [2.05, 4.69) is 0 Å². The van der Waals surface area contributed by atoms with Gasteiger partial charge in [-0.15, -0.1) is 0 Å². The molecule has 2 aliphatic heterocycles. The van der Waals surface area contributed by atoms with E-state index in [9.17, 15) is 19.8 Å². The molecule has 0 saturated carbocycles. The minimum absolute atomic E-state index is 0.0238. The Morgan fingerprint density at radius 1 is 1.00 bits per heavy atom. The molecule has 37 heavy (non-hydrogen) atoms. The van der Waals surface area contributed by atoms with Crippen LogP contribution >= 0.6 is 0 Å². The molecule has 0 aliphatic carbocycles. The summed E-state index contributed by atoms with van der Waals surface area (Å²) < 4.78 is 23.8. The van der Waals surface area contributed by atoms with Gasteiger partial charge in [-0.3, -0.25) is 9.59 Å². The zero-order valence-corrected chi connectivity index (χ0v) is 22.2. The third-order valence-electron chi connectivity index (χ3n) is 7.64. The number of hydrogen-bond acceptors (Lipinski definition) is 8. The van der Waals surface area contributed by atoms with E-state index in [1.54, 1.807) is 13.8 Å². The molecule has 0 radical (unpaired) electrons. The van der Waals surface area contributed by atoms with Crippen LogP contribution in [-0.2, 0) is 28.8 Å². The van der Waals surface area contributed by atoms with Crippen LogP contribution in [0.3, 0.4) is 0 Å². The van der Waals surface area contributed by atoms with Crippen LogP contribution in [0.1, 0.15) is 77.5 Å². The number of carbonyl (C=O) groups is 1. The molecule has 0 spiro atoms. The van der Waals surface area contributed by atoms with Crippen molar-refractivity contribution in [2.24, 2.45) is 0 Å². The van der Waals surface area contributed by atoms with E-state index in [-0.39, 0.29) is 33.4 Å². The van der Waals surface area contributed by atoms with E-state index in [1.165, 1.54) is 6.07 Å². The highest BCUT2D eigenvalue weighted by molar-refractivity contribution is 6.00. The average Bonchev–Trinajstić information content (AvgIpc) is 2.78. The Bertz CT molecular complexity index is 1490. The number of ether oxygens (including phenoxy) is 3. The minimum atomic E-state index is -0.768. The lowest BCUT2D eigenvalue weighted by molar-refractivity contribution is -0.140. The molecule has 8 heteroatoms. The quantitative estimate of drug-likeness (QED) is 0.344. The zero-order valence-electron chi connectivity index (χ0n) is 22.2. The standard InChI is InChI=1S/C29H34O8/c1-27(2,34-14-30)10-7-15-16-8-11-29(5,6)37-25(16)23(33)26-20(15)22(32)21-18(31)13-19-17(24(21)35-26)9-12-28(3,4)36-19/h13-14,31,33H,7-12H2,1-6H3. The lowest BCUT2D eigenvalue weighted by Gasteiger charge is -2.35. The topological polar surface area (TPSA) is 115 Å². The summed E-state index contributed by atoms with van der Waals surface area (Å²) in [4.78, 5) is 25.1. The summed E-state index contributed by atoms with van der Waals surface area (Å²) in [6.45, 7) is 11.8. The second-order valence-electron chi connectivity index (χ2n) is 12.0. The van der Waals surface area contributed by atoms with Crippen molar-refractivity contribution < 1.29 is 33.6 Å². The first kappa shape index (κ1) is 25.2. The zero-order chi connectivity index (χ0) is 26.9. The second kappa shape index (κ2) is 8.30. The molecule has 3 aromatic rings. The normalized spacial score (nSPS) is 18.0. The predicted octanol–water partition coefficient (Wildman–Crippen LogP) is 5.45. The molecule has 0 atom stereocenters. The summed E-state index contributed by atoms with van der Waals surface area (Å²) in [5.74, 6) is 0.318. The SMILES string of the molecule is CC(C)(CCc1c2c(c(O)c3oc4c5c(cc(O)c4c(=O)c13)OC(C)(C)CC5)OC(C)(C)CC2)OC=O. The fourth-order valence-electron chi connectivity index (χ4n) is 5.47. The van der Waals surface area contributed by atoms with E-state index in [0.29, 0.717) is 67.6 Å². The van der Waals surface area contributed by atoms with Gasteiger partial charge in [0.25, 0.3) is 6.47 Å². The van der Waals surface area contributed by atoms with Crippen LogP contribution in [0.2, 0.25) is 0 Å². The molecule has 2 N–H and O–H groups in total. The highest BCUT2D eigenvalue weighted by Crippen LogP contribution is 2.49. The third-order valence-corrected chi connectivity index (χ3v) is 7.64. The van der Waals surface area contributed by atoms with Gasteiger partial charge in [-0.2, -0.15) is 0 Å². The molecule has 3 heterocycles. The van der Waals surface area contributed by atoms with Crippen LogP contribution in [-0.4, -0.2) is 33.5 Å². The van der Waals surface area contributed by atoms with E-state index >= 15 is 0 Å². The van der Waals surface area contributed by atoms with Crippen molar-refractivity contribution >= 4 is 28.4 Å². The lowest BCUT2D eigenvalue weighted by atomic mass is 9.85. The lowest BCUT2D eigenvalue weighted by Crippen LogP contribution is -2.33. The van der Waals surface area contributed by atoms with Gasteiger partial charge >= 0.3 is 0 Å². The van der Waals surface area contributed by atoms with Crippen molar-refractivity contribution in [3.63, 3.8) is 0 Å². The molecule has 0 bridgehead atoms. The Kier molecular flexibility index (Phi) is 5.66. The van der Waals surface area contributed by atoms with Crippen molar-refractivity contribution in [1.29, 1.82) is 0 Å². The maximum Gasteiger partial charge on any atom is 0.293 e. The number of hydrogen-bond donors (Lipinski definition) is 2. The van der Waals surface area contributed by atoms with Crippen molar-refractivity contribution in [3.8, 4) is 23.0 Å². The van der Waals surface area contributed by atoms with Gasteiger partial charge in [0.2, 0.25) is 11.2 Å². The molecule has 2 aliphatic rings. The number of aryl methyl sites for hydroxylation is 2. The molecule has 8 nitrogen and oxygen atoms in total. The van der Waals surface area contributed by atoms with E-state index in [4.69, 9.17) is 18.6 Å². The molecule has 0 fully saturated rings. The van der Waals surface area contributed by atoms with Crippen molar-refractivity contribution in [2.45, 2.75) is 96.9 Å². The Labute approximate surface area is 215 Å². The molecule has 0 unspecified atom stereocenters. The number of fused-ring (bicyclic) bond motifs is 5. The molecular weight excluding hydrogens is 476 g/mol. The molecule has 0 amide bonds. The molecule has 2 aromatic carbocycles. The first-order valence-electron chi connectivity index (χ1n) is 12.8. The second-order valence-corrected chi connectivity index (χ2v) is 12.0. The summed E-state index contributed by atoms with van der Waals surface area (Å²) >= 11 is 0. The molecule has 198 valence electrons. The van der Waals surface area contributed by atoms with Crippen LogP contribution in [0.25, 0.3) is 21.9 Å². The molecule has 1 aromatic heterocycles. The van der Waals surface area contributed by atoms with Gasteiger partial charge in [0.1, 0.15) is 39.3 Å².